The van der Waals surface area contributed by atoms with E-state index in [2.05, 4.69) is 5.43 Å². The van der Waals surface area contributed by atoms with Crippen molar-refractivity contribution in [3.8, 4) is 0 Å². The van der Waals surface area contributed by atoms with Crippen LogP contribution < -0.4 is 5.43 Å². The van der Waals surface area contributed by atoms with Gasteiger partial charge in [0.25, 0.3) is 0 Å². The van der Waals surface area contributed by atoms with E-state index < -0.39 is 0 Å². The third kappa shape index (κ3) is 2.25. The van der Waals surface area contributed by atoms with Gasteiger partial charge in [-0.05, 0) is 17.2 Å². The second kappa shape index (κ2) is 4.39. The molecule has 1 aromatic rings. The van der Waals surface area contributed by atoms with Crippen molar-refractivity contribution in [1.82, 2.24) is 10.4 Å². The van der Waals surface area contributed by atoms with E-state index in [1.54, 1.807) is 5.01 Å². The Balaban J connectivity index is 2.09. The Morgan fingerprint density at radius 3 is 2.93 bits per heavy atom. The van der Waals surface area contributed by atoms with Crippen LogP contribution in [0.2, 0.25) is 5.02 Å². The normalized spacial score (nSPS) is 15.1. The molecule has 0 radical (unpaired) electrons. The SMILES string of the molecule is O=C(CCl)NN1Cc2cccc(Cl)c2C1. The number of hydrogen-bond acceptors (Lipinski definition) is 2. The van der Waals surface area contributed by atoms with Crippen LogP contribution in [0.5, 0.6) is 0 Å². The molecule has 5 heteroatoms. The molecule has 0 atom stereocenters. The van der Waals surface area contributed by atoms with Crippen LogP contribution in [0.25, 0.3) is 0 Å². The molecule has 2 rings (SSSR count). The van der Waals surface area contributed by atoms with Gasteiger partial charge in [0.1, 0.15) is 5.88 Å². The topological polar surface area (TPSA) is 32.3 Å². The van der Waals surface area contributed by atoms with Crippen LogP contribution in [0.4, 0.5) is 0 Å². The summed E-state index contributed by atoms with van der Waals surface area (Å²) in [5.41, 5.74) is 4.93. The third-order valence-corrected chi connectivity index (χ3v) is 2.93. The predicted molar refractivity (Wildman–Crippen MR) is 59.6 cm³/mol. The molecule has 1 heterocycles. The summed E-state index contributed by atoms with van der Waals surface area (Å²) >= 11 is 11.4. The maximum Gasteiger partial charge on any atom is 0.249 e. The summed E-state index contributed by atoms with van der Waals surface area (Å²) in [6.45, 7) is 1.32. The molecule has 0 aromatic heterocycles. The van der Waals surface area contributed by atoms with Crippen LogP contribution in [0.15, 0.2) is 18.2 Å². The molecule has 1 aliphatic heterocycles. The van der Waals surface area contributed by atoms with Crippen LogP contribution in [-0.4, -0.2) is 16.8 Å². The van der Waals surface area contributed by atoms with Crippen molar-refractivity contribution in [2.75, 3.05) is 5.88 Å². The van der Waals surface area contributed by atoms with Gasteiger partial charge in [0, 0.05) is 18.1 Å². The summed E-state index contributed by atoms with van der Waals surface area (Å²) < 4.78 is 0. The number of rotatable bonds is 2. The molecule has 15 heavy (non-hydrogen) atoms. The predicted octanol–water partition coefficient (Wildman–Crippen LogP) is 1.93. The van der Waals surface area contributed by atoms with E-state index >= 15 is 0 Å². The summed E-state index contributed by atoms with van der Waals surface area (Å²) in [5.74, 6) is -0.221. The lowest BCUT2D eigenvalue weighted by Gasteiger charge is -2.15. The highest BCUT2D eigenvalue weighted by molar-refractivity contribution is 6.31. The largest absolute Gasteiger partial charge is 0.287 e. The molecule has 1 aromatic carbocycles. The molecule has 3 nitrogen and oxygen atoms in total. The van der Waals surface area contributed by atoms with E-state index in [1.165, 1.54) is 0 Å². The van der Waals surface area contributed by atoms with E-state index in [1.807, 2.05) is 18.2 Å². The second-order valence-corrected chi connectivity index (χ2v) is 4.08. The Morgan fingerprint density at radius 2 is 2.27 bits per heavy atom. The Morgan fingerprint density at radius 1 is 1.47 bits per heavy atom. The molecule has 1 aliphatic rings. The first kappa shape index (κ1) is 10.7. The van der Waals surface area contributed by atoms with Crippen molar-refractivity contribution in [3.05, 3.63) is 34.3 Å². The molecule has 0 spiro atoms. The molecule has 80 valence electrons. The monoisotopic (exact) mass is 244 g/mol. The van der Waals surface area contributed by atoms with Crippen molar-refractivity contribution in [3.63, 3.8) is 0 Å². The fraction of sp³-hybridized carbons (Fsp3) is 0.300. The number of nitrogens with zero attached hydrogens (tertiary/aromatic N) is 1. The van der Waals surface area contributed by atoms with Crippen molar-refractivity contribution >= 4 is 29.1 Å². The van der Waals surface area contributed by atoms with Crippen LogP contribution in [0.3, 0.4) is 0 Å². The van der Waals surface area contributed by atoms with Crippen LogP contribution in [0, 0.1) is 0 Å². The second-order valence-electron chi connectivity index (χ2n) is 3.40. The van der Waals surface area contributed by atoms with E-state index in [0.29, 0.717) is 13.1 Å². The first-order valence-electron chi connectivity index (χ1n) is 4.57. The fourth-order valence-electron chi connectivity index (χ4n) is 1.67. The summed E-state index contributed by atoms with van der Waals surface area (Å²) in [6.07, 6.45) is 0. The van der Waals surface area contributed by atoms with Gasteiger partial charge in [0.05, 0.1) is 0 Å². The molecule has 0 saturated heterocycles. The highest BCUT2D eigenvalue weighted by Gasteiger charge is 2.21. The number of nitrogens with one attached hydrogen (secondary N) is 1. The summed E-state index contributed by atoms with van der Waals surface area (Å²) in [6, 6.07) is 5.77. The van der Waals surface area contributed by atoms with Gasteiger partial charge in [-0.3, -0.25) is 10.2 Å². The zero-order valence-corrected chi connectivity index (χ0v) is 9.48. The van der Waals surface area contributed by atoms with Crippen molar-refractivity contribution in [1.29, 1.82) is 0 Å². The Hall–Kier alpha value is -0.770. The van der Waals surface area contributed by atoms with Crippen LogP contribution in [0.1, 0.15) is 11.1 Å². The smallest absolute Gasteiger partial charge is 0.249 e. The Labute approximate surface area is 97.9 Å². The summed E-state index contributed by atoms with van der Waals surface area (Å²) in [7, 11) is 0. The summed E-state index contributed by atoms with van der Waals surface area (Å²) in [5, 5.41) is 2.55. The van der Waals surface area contributed by atoms with E-state index in [-0.39, 0.29) is 11.8 Å². The number of fused-ring (bicyclic) bond motifs is 1. The molecule has 0 unspecified atom stereocenters. The van der Waals surface area contributed by atoms with Crippen LogP contribution in [-0.2, 0) is 17.9 Å². The molecular weight excluding hydrogens is 235 g/mol. The van der Waals surface area contributed by atoms with Gasteiger partial charge in [0.2, 0.25) is 5.91 Å². The number of alkyl halides is 1. The van der Waals surface area contributed by atoms with E-state index in [9.17, 15) is 4.79 Å². The lowest BCUT2D eigenvalue weighted by molar-refractivity contribution is -0.123. The van der Waals surface area contributed by atoms with Crippen molar-refractivity contribution in [2.45, 2.75) is 13.1 Å². The van der Waals surface area contributed by atoms with Gasteiger partial charge in [-0.2, -0.15) is 0 Å². The minimum Gasteiger partial charge on any atom is -0.287 e. The highest BCUT2D eigenvalue weighted by atomic mass is 35.5. The molecule has 0 fully saturated rings. The number of hydrazine groups is 1. The maximum atomic E-state index is 11.1. The van der Waals surface area contributed by atoms with Gasteiger partial charge >= 0.3 is 0 Å². The van der Waals surface area contributed by atoms with Gasteiger partial charge in [0.15, 0.2) is 0 Å². The molecule has 1 amide bonds. The minimum atomic E-state index is -0.194. The molecular formula is C10H10Cl2N2O. The third-order valence-electron chi connectivity index (χ3n) is 2.33. The standard InChI is InChI=1S/C10H10Cl2N2O/c11-4-10(15)13-14-5-7-2-1-3-9(12)8(7)6-14/h1-3H,4-6H2,(H,13,15). The quantitative estimate of drug-likeness (QED) is 0.807. The number of hydrogen-bond donors (Lipinski definition) is 1. The van der Waals surface area contributed by atoms with Gasteiger partial charge in [-0.1, -0.05) is 23.7 Å². The lowest BCUT2D eigenvalue weighted by Crippen LogP contribution is -2.39. The first-order valence-corrected chi connectivity index (χ1v) is 5.48. The maximum absolute atomic E-state index is 11.1. The zero-order chi connectivity index (χ0) is 10.8. The first-order chi connectivity index (χ1) is 7.20. The fourth-order valence-corrected chi connectivity index (χ4v) is 1.98. The van der Waals surface area contributed by atoms with E-state index in [0.717, 1.165) is 16.1 Å². The lowest BCUT2D eigenvalue weighted by atomic mass is 10.1. The number of carbonyl (C=O) groups is 1. The number of benzene rings is 1. The van der Waals surface area contributed by atoms with Gasteiger partial charge in [-0.15, -0.1) is 11.6 Å². The van der Waals surface area contributed by atoms with E-state index in [4.69, 9.17) is 23.2 Å². The van der Waals surface area contributed by atoms with Crippen molar-refractivity contribution in [2.24, 2.45) is 0 Å². The molecule has 1 N–H and O–H groups in total. The molecule has 0 bridgehead atoms. The zero-order valence-electron chi connectivity index (χ0n) is 7.96. The van der Waals surface area contributed by atoms with Crippen molar-refractivity contribution < 1.29 is 4.79 Å². The average Bonchev–Trinajstić information content (AvgIpc) is 2.62. The molecule has 0 saturated carbocycles. The van der Waals surface area contributed by atoms with Gasteiger partial charge in [-0.25, -0.2) is 5.01 Å². The number of halogens is 2. The Bertz CT molecular complexity index is 395. The molecule has 0 aliphatic carbocycles. The number of amides is 1. The minimum absolute atomic E-state index is 0.0272. The number of carbonyl (C=O) groups excluding carboxylic acids is 1. The Kier molecular flexibility index (Phi) is 3.14. The van der Waals surface area contributed by atoms with Crippen LogP contribution >= 0.6 is 23.2 Å². The average molecular weight is 245 g/mol. The highest BCUT2D eigenvalue weighted by Crippen LogP contribution is 2.27. The van der Waals surface area contributed by atoms with Gasteiger partial charge < -0.3 is 0 Å². The summed E-state index contributed by atoms with van der Waals surface area (Å²) in [4.78, 5) is 11.1.